The smallest absolute Gasteiger partial charge is 0.148 e. The first-order valence-corrected chi connectivity index (χ1v) is 6.93. The van der Waals surface area contributed by atoms with Gasteiger partial charge in [-0.15, -0.1) is 11.3 Å². The Morgan fingerprint density at radius 1 is 1.39 bits per heavy atom. The highest BCUT2D eigenvalue weighted by Gasteiger charge is 2.17. The van der Waals surface area contributed by atoms with Crippen molar-refractivity contribution in [3.05, 3.63) is 27.8 Å². The summed E-state index contributed by atoms with van der Waals surface area (Å²) in [4.78, 5) is 4.65. The van der Waals surface area contributed by atoms with Crippen LogP contribution in [-0.4, -0.2) is 14.8 Å². The van der Waals surface area contributed by atoms with Gasteiger partial charge in [-0.25, -0.2) is 4.98 Å². The summed E-state index contributed by atoms with van der Waals surface area (Å²) in [5, 5.41) is 11.0. The van der Waals surface area contributed by atoms with Crippen molar-refractivity contribution in [2.45, 2.75) is 39.7 Å². The van der Waals surface area contributed by atoms with E-state index in [4.69, 9.17) is 0 Å². The molecule has 0 atom stereocenters. The van der Waals surface area contributed by atoms with Crippen LogP contribution in [-0.2, 0) is 19.0 Å². The zero-order valence-electron chi connectivity index (χ0n) is 11.6. The van der Waals surface area contributed by atoms with E-state index in [0.717, 1.165) is 23.8 Å². The molecule has 2 heterocycles. The Labute approximate surface area is 112 Å². The fourth-order valence-electron chi connectivity index (χ4n) is 1.56. The first-order valence-electron chi connectivity index (χ1n) is 6.05. The summed E-state index contributed by atoms with van der Waals surface area (Å²) in [5.41, 5.74) is 2.35. The first kappa shape index (κ1) is 13.1. The van der Waals surface area contributed by atoms with Crippen molar-refractivity contribution < 1.29 is 0 Å². The molecule has 2 aromatic rings. The Morgan fingerprint density at radius 2 is 2.11 bits per heavy atom. The second-order valence-corrected chi connectivity index (χ2v) is 6.40. The number of nitrogens with zero attached hydrogens (tertiary/aromatic N) is 3. The van der Waals surface area contributed by atoms with Gasteiger partial charge < -0.3 is 5.32 Å². The monoisotopic (exact) mass is 264 g/mol. The van der Waals surface area contributed by atoms with Gasteiger partial charge in [-0.3, -0.25) is 4.68 Å². The van der Waals surface area contributed by atoms with Gasteiger partial charge in [0.15, 0.2) is 0 Å². The fraction of sp³-hybridized carbons (Fsp3) is 0.538. The van der Waals surface area contributed by atoms with Crippen LogP contribution in [0.5, 0.6) is 0 Å². The third kappa shape index (κ3) is 2.90. The Hall–Kier alpha value is -1.36. The molecule has 0 saturated heterocycles. The number of anilines is 1. The minimum Gasteiger partial charge on any atom is -0.363 e. The van der Waals surface area contributed by atoms with Crippen LogP contribution in [0.25, 0.3) is 0 Å². The molecule has 18 heavy (non-hydrogen) atoms. The van der Waals surface area contributed by atoms with Gasteiger partial charge in [-0.05, 0) is 6.92 Å². The molecular formula is C13H20N4S. The third-order valence-electron chi connectivity index (χ3n) is 2.76. The standard InChI is InChI=1S/C13H20N4S/c1-9-6-11(16-17(9)5)14-7-10-8-18-12(15-10)13(2,3)4/h6,8H,7H2,1-5H3,(H,14,16). The van der Waals surface area contributed by atoms with Crippen LogP contribution in [0, 0.1) is 6.92 Å². The molecular weight excluding hydrogens is 244 g/mol. The molecule has 0 aliphatic rings. The summed E-state index contributed by atoms with van der Waals surface area (Å²) in [5.74, 6) is 0.903. The molecule has 5 heteroatoms. The predicted octanol–water partition coefficient (Wildman–Crippen LogP) is 3.09. The van der Waals surface area contributed by atoms with E-state index in [0.29, 0.717) is 0 Å². The highest BCUT2D eigenvalue weighted by Crippen LogP contribution is 2.25. The summed E-state index contributed by atoms with van der Waals surface area (Å²) in [6.07, 6.45) is 0. The summed E-state index contributed by atoms with van der Waals surface area (Å²) < 4.78 is 1.87. The molecule has 0 saturated carbocycles. The van der Waals surface area contributed by atoms with Crippen molar-refractivity contribution >= 4 is 17.2 Å². The second kappa shape index (κ2) is 4.72. The van der Waals surface area contributed by atoms with Gasteiger partial charge in [-0.2, -0.15) is 5.10 Å². The molecule has 2 rings (SSSR count). The molecule has 2 aromatic heterocycles. The van der Waals surface area contributed by atoms with E-state index >= 15 is 0 Å². The largest absolute Gasteiger partial charge is 0.363 e. The van der Waals surface area contributed by atoms with Gasteiger partial charge in [0.05, 0.1) is 17.2 Å². The quantitative estimate of drug-likeness (QED) is 0.926. The molecule has 4 nitrogen and oxygen atoms in total. The van der Waals surface area contributed by atoms with Crippen LogP contribution in [0.4, 0.5) is 5.82 Å². The molecule has 98 valence electrons. The highest BCUT2D eigenvalue weighted by atomic mass is 32.1. The third-order valence-corrected chi connectivity index (χ3v) is 4.07. The van der Waals surface area contributed by atoms with Gasteiger partial charge in [0.25, 0.3) is 0 Å². The maximum atomic E-state index is 4.65. The number of aryl methyl sites for hydroxylation is 2. The zero-order valence-corrected chi connectivity index (χ0v) is 12.4. The van der Waals surface area contributed by atoms with E-state index in [-0.39, 0.29) is 5.41 Å². The lowest BCUT2D eigenvalue weighted by molar-refractivity contribution is 0.583. The molecule has 0 bridgehead atoms. The lowest BCUT2D eigenvalue weighted by atomic mass is 9.98. The minimum absolute atomic E-state index is 0.129. The average molecular weight is 264 g/mol. The molecule has 0 amide bonds. The molecule has 0 aliphatic heterocycles. The molecule has 0 fully saturated rings. The molecule has 0 unspecified atom stereocenters. The van der Waals surface area contributed by atoms with Gasteiger partial charge in [0.1, 0.15) is 5.82 Å². The van der Waals surface area contributed by atoms with E-state index < -0.39 is 0 Å². The topological polar surface area (TPSA) is 42.7 Å². The van der Waals surface area contributed by atoms with E-state index in [1.54, 1.807) is 11.3 Å². The van der Waals surface area contributed by atoms with Gasteiger partial charge in [0.2, 0.25) is 0 Å². The average Bonchev–Trinajstić information content (AvgIpc) is 2.83. The molecule has 0 aromatic carbocycles. The number of aromatic nitrogens is 3. The van der Waals surface area contributed by atoms with Crippen molar-refractivity contribution in [2.24, 2.45) is 7.05 Å². The van der Waals surface area contributed by atoms with Gasteiger partial charge in [0, 0.05) is 29.6 Å². The van der Waals surface area contributed by atoms with E-state index in [1.807, 2.05) is 24.7 Å². The number of hydrogen-bond acceptors (Lipinski definition) is 4. The van der Waals surface area contributed by atoms with Crippen molar-refractivity contribution in [1.29, 1.82) is 0 Å². The van der Waals surface area contributed by atoms with Crippen LogP contribution < -0.4 is 5.32 Å². The Morgan fingerprint density at radius 3 is 2.61 bits per heavy atom. The van der Waals surface area contributed by atoms with Crippen LogP contribution in [0.3, 0.4) is 0 Å². The maximum Gasteiger partial charge on any atom is 0.148 e. The van der Waals surface area contributed by atoms with Crippen LogP contribution >= 0.6 is 11.3 Å². The van der Waals surface area contributed by atoms with Crippen LogP contribution in [0.15, 0.2) is 11.4 Å². The Balaban J connectivity index is 2.00. The van der Waals surface area contributed by atoms with Crippen LogP contribution in [0.2, 0.25) is 0 Å². The number of rotatable bonds is 3. The number of nitrogens with one attached hydrogen (secondary N) is 1. The normalized spacial score (nSPS) is 11.8. The first-order chi connectivity index (χ1) is 8.36. The summed E-state index contributed by atoms with van der Waals surface area (Å²) in [6.45, 7) is 9.32. The molecule has 1 N–H and O–H groups in total. The summed E-state index contributed by atoms with van der Waals surface area (Å²) in [6, 6.07) is 2.04. The predicted molar refractivity (Wildman–Crippen MR) is 76.1 cm³/mol. The fourth-order valence-corrected chi connectivity index (χ4v) is 2.47. The SMILES string of the molecule is Cc1cc(NCc2csc(C(C)(C)C)n2)nn1C. The molecule has 0 aliphatic carbocycles. The highest BCUT2D eigenvalue weighted by molar-refractivity contribution is 7.09. The minimum atomic E-state index is 0.129. The molecule has 0 spiro atoms. The zero-order chi connectivity index (χ0) is 13.3. The lowest BCUT2D eigenvalue weighted by Crippen LogP contribution is -2.11. The van der Waals surface area contributed by atoms with Crippen molar-refractivity contribution in [3.8, 4) is 0 Å². The summed E-state index contributed by atoms with van der Waals surface area (Å²) in [7, 11) is 1.95. The van der Waals surface area contributed by atoms with Crippen molar-refractivity contribution in [1.82, 2.24) is 14.8 Å². The van der Waals surface area contributed by atoms with Gasteiger partial charge >= 0.3 is 0 Å². The molecule has 0 radical (unpaired) electrons. The van der Waals surface area contributed by atoms with Crippen molar-refractivity contribution in [3.63, 3.8) is 0 Å². The van der Waals surface area contributed by atoms with Crippen molar-refractivity contribution in [2.75, 3.05) is 5.32 Å². The number of hydrogen-bond donors (Lipinski definition) is 1. The van der Waals surface area contributed by atoms with Crippen LogP contribution in [0.1, 0.15) is 37.2 Å². The Kier molecular flexibility index (Phi) is 3.43. The maximum absolute atomic E-state index is 4.65. The Bertz CT molecular complexity index is 514. The van der Waals surface area contributed by atoms with E-state index in [1.165, 1.54) is 5.01 Å². The lowest BCUT2D eigenvalue weighted by Gasteiger charge is -2.13. The summed E-state index contributed by atoms with van der Waals surface area (Å²) >= 11 is 1.72. The number of thiazole rings is 1. The van der Waals surface area contributed by atoms with E-state index in [2.05, 4.69) is 41.6 Å². The van der Waals surface area contributed by atoms with E-state index in [9.17, 15) is 0 Å². The second-order valence-electron chi connectivity index (χ2n) is 5.54. The van der Waals surface area contributed by atoms with Gasteiger partial charge in [-0.1, -0.05) is 20.8 Å².